The van der Waals surface area contributed by atoms with Crippen LogP contribution in [0.15, 0.2) is 48.5 Å². The molecule has 1 fully saturated rings. The fraction of sp³-hybridized carbons (Fsp3) is 0.391. The van der Waals surface area contributed by atoms with Gasteiger partial charge in [-0.3, -0.25) is 9.59 Å². The third-order valence-corrected chi connectivity index (χ3v) is 5.36. The normalized spacial score (nSPS) is 14.2. The summed E-state index contributed by atoms with van der Waals surface area (Å²) in [6, 6.07) is 15.4. The number of nitrogens with zero attached hydrogens (tertiary/aromatic N) is 1. The maximum Gasteiger partial charge on any atom is 0.313 e. The first-order valence-electron chi connectivity index (χ1n) is 10.3. The van der Waals surface area contributed by atoms with E-state index >= 15 is 0 Å². The summed E-state index contributed by atoms with van der Waals surface area (Å²) in [5, 5.41) is 5.71. The number of rotatable bonds is 6. The van der Waals surface area contributed by atoms with Gasteiger partial charge in [-0.2, -0.15) is 0 Å². The Morgan fingerprint density at radius 2 is 1.66 bits per heavy atom. The highest BCUT2D eigenvalue weighted by Crippen LogP contribution is 2.20. The van der Waals surface area contributed by atoms with Gasteiger partial charge < -0.3 is 15.5 Å². The van der Waals surface area contributed by atoms with Crippen molar-refractivity contribution in [1.82, 2.24) is 5.32 Å². The number of nitrogens with one attached hydrogen (secondary N) is 2. The molecule has 6 heteroatoms. The van der Waals surface area contributed by atoms with Crippen molar-refractivity contribution in [1.29, 1.82) is 0 Å². The minimum Gasteiger partial charge on any atom is -0.372 e. The lowest BCUT2D eigenvalue weighted by Crippen LogP contribution is -2.36. The molecule has 2 amide bonds. The third kappa shape index (κ3) is 6.79. The summed E-state index contributed by atoms with van der Waals surface area (Å²) in [5.41, 5.74) is 3.03. The second-order valence-electron chi connectivity index (χ2n) is 7.39. The van der Waals surface area contributed by atoms with E-state index in [1.165, 1.54) is 36.9 Å². The molecule has 0 radical (unpaired) electrons. The second kappa shape index (κ2) is 10.9. The van der Waals surface area contributed by atoms with Gasteiger partial charge in [0.25, 0.3) is 0 Å². The molecule has 1 saturated heterocycles. The van der Waals surface area contributed by atoms with E-state index in [0.29, 0.717) is 17.3 Å². The lowest BCUT2D eigenvalue weighted by molar-refractivity contribution is -0.136. The van der Waals surface area contributed by atoms with Gasteiger partial charge in [0.05, 0.1) is 0 Å². The maximum atomic E-state index is 11.9. The number of hydrogen-bond acceptors (Lipinski definition) is 3. The highest BCUT2D eigenvalue weighted by atomic mass is 35.5. The molecule has 0 unspecified atom stereocenters. The number of hydrogen-bond donors (Lipinski definition) is 2. The van der Waals surface area contributed by atoms with Crippen molar-refractivity contribution >= 4 is 34.8 Å². The van der Waals surface area contributed by atoms with Crippen LogP contribution in [-0.4, -0.2) is 31.4 Å². The lowest BCUT2D eigenvalue weighted by atomic mass is 10.1. The maximum absolute atomic E-state index is 11.9. The SMILES string of the molecule is O=C(NCCCc1ccc(N2CCCCCC2)cc1)C(=O)Nc1cccc(Cl)c1. The molecular formula is C23H28ClN3O2. The summed E-state index contributed by atoms with van der Waals surface area (Å²) in [6.07, 6.45) is 6.84. The molecule has 2 aromatic rings. The van der Waals surface area contributed by atoms with Gasteiger partial charge in [-0.25, -0.2) is 0 Å². The van der Waals surface area contributed by atoms with Crippen LogP contribution in [0.2, 0.25) is 5.02 Å². The van der Waals surface area contributed by atoms with Crippen molar-refractivity contribution < 1.29 is 9.59 Å². The van der Waals surface area contributed by atoms with Gasteiger partial charge in [-0.15, -0.1) is 0 Å². The van der Waals surface area contributed by atoms with Crippen molar-refractivity contribution in [2.75, 3.05) is 29.9 Å². The van der Waals surface area contributed by atoms with Gasteiger partial charge >= 0.3 is 11.8 Å². The van der Waals surface area contributed by atoms with Crippen LogP contribution in [0.25, 0.3) is 0 Å². The van der Waals surface area contributed by atoms with Gasteiger partial charge in [-0.05, 0) is 61.6 Å². The molecule has 0 spiro atoms. The standard InChI is InChI=1S/C23H28ClN3O2/c24-19-8-5-9-20(17-19)26-23(29)22(28)25-14-6-7-18-10-12-21(13-11-18)27-15-3-1-2-4-16-27/h5,8-13,17H,1-4,6-7,14-16H2,(H,25,28)(H,26,29). The number of anilines is 2. The van der Waals surface area contributed by atoms with Crippen LogP contribution in [0.5, 0.6) is 0 Å². The van der Waals surface area contributed by atoms with E-state index in [2.05, 4.69) is 39.8 Å². The van der Waals surface area contributed by atoms with E-state index in [0.717, 1.165) is 25.9 Å². The summed E-state index contributed by atoms with van der Waals surface area (Å²) in [4.78, 5) is 26.3. The molecule has 0 bridgehead atoms. The molecule has 154 valence electrons. The molecule has 29 heavy (non-hydrogen) atoms. The largest absolute Gasteiger partial charge is 0.372 e. The number of halogens is 1. The van der Waals surface area contributed by atoms with Gasteiger partial charge in [0.15, 0.2) is 0 Å². The Balaban J connectivity index is 1.38. The van der Waals surface area contributed by atoms with Crippen LogP contribution in [0.1, 0.15) is 37.7 Å². The van der Waals surface area contributed by atoms with Crippen molar-refractivity contribution in [3.8, 4) is 0 Å². The van der Waals surface area contributed by atoms with Crippen LogP contribution in [-0.2, 0) is 16.0 Å². The number of amides is 2. The second-order valence-corrected chi connectivity index (χ2v) is 7.83. The summed E-state index contributed by atoms with van der Waals surface area (Å²) in [6.45, 7) is 2.74. The van der Waals surface area contributed by atoms with E-state index in [-0.39, 0.29) is 0 Å². The van der Waals surface area contributed by atoms with Gasteiger partial charge in [0, 0.05) is 36.0 Å². The minimum atomic E-state index is -0.686. The molecule has 1 heterocycles. The number of aryl methyl sites for hydroxylation is 1. The van der Waals surface area contributed by atoms with Crippen molar-refractivity contribution in [3.63, 3.8) is 0 Å². The summed E-state index contributed by atoms with van der Waals surface area (Å²) >= 11 is 5.88. The van der Waals surface area contributed by atoms with Crippen LogP contribution in [0.3, 0.4) is 0 Å². The highest BCUT2D eigenvalue weighted by Gasteiger charge is 2.13. The molecule has 2 N–H and O–H groups in total. The lowest BCUT2D eigenvalue weighted by Gasteiger charge is -2.22. The zero-order chi connectivity index (χ0) is 20.5. The van der Waals surface area contributed by atoms with Crippen molar-refractivity contribution in [2.24, 2.45) is 0 Å². The molecule has 1 aliphatic heterocycles. The van der Waals surface area contributed by atoms with E-state index < -0.39 is 11.8 Å². The number of carbonyl (C=O) groups is 2. The number of benzene rings is 2. The smallest absolute Gasteiger partial charge is 0.313 e. The Hall–Kier alpha value is -2.53. The summed E-state index contributed by atoms with van der Waals surface area (Å²) in [7, 11) is 0. The zero-order valence-corrected chi connectivity index (χ0v) is 17.4. The van der Waals surface area contributed by atoms with E-state index in [1.807, 2.05) is 0 Å². The van der Waals surface area contributed by atoms with Crippen LogP contribution in [0, 0.1) is 0 Å². The molecule has 1 aliphatic rings. The average Bonchev–Trinajstić information content (AvgIpc) is 3.01. The number of carbonyl (C=O) groups excluding carboxylic acids is 2. The molecule has 0 atom stereocenters. The Morgan fingerprint density at radius 1 is 0.931 bits per heavy atom. The Labute approximate surface area is 177 Å². The Morgan fingerprint density at radius 3 is 2.34 bits per heavy atom. The van der Waals surface area contributed by atoms with Gasteiger partial charge in [0.1, 0.15) is 0 Å². The van der Waals surface area contributed by atoms with Crippen LogP contribution < -0.4 is 15.5 Å². The third-order valence-electron chi connectivity index (χ3n) is 5.12. The average molecular weight is 414 g/mol. The topological polar surface area (TPSA) is 61.4 Å². The molecule has 2 aromatic carbocycles. The molecule has 0 saturated carbocycles. The Kier molecular flexibility index (Phi) is 7.94. The van der Waals surface area contributed by atoms with Crippen molar-refractivity contribution in [3.05, 3.63) is 59.1 Å². The zero-order valence-electron chi connectivity index (χ0n) is 16.6. The quantitative estimate of drug-likeness (QED) is 0.544. The summed E-state index contributed by atoms with van der Waals surface area (Å²) in [5.74, 6) is -1.32. The predicted molar refractivity (Wildman–Crippen MR) is 119 cm³/mol. The highest BCUT2D eigenvalue weighted by molar-refractivity contribution is 6.39. The van der Waals surface area contributed by atoms with E-state index in [1.54, 1.807) is 24.3 Å². The molecule has 5 nitrogen and oxygen atoms in total. The predicted octanol–water partition coefficient (Wildman–Crippen LogP) is 4.41. The van der Waals surface area contributed by atoms with Gasteiger partial charge in [-0.1, -0.05) is 42.6 Å². The molecular weight excluding hydrogens is 386 g/mol. The first kappa shape index (κ1) is 21.2. The minimum absolute atomic E-state index is 0.454. The van der Waals surface area contributed by atoms with Crippen LogP contribution in [0.4, 0.5) is 11.4 Å². The molecule has 0 aliphatic carbocycles. The Bertz CT molecular complexity index is 815. The van der Waals surface area contributed by atoms with E-state index in [4.69, 9.17) is 11.6 Å². The summed E-state index contributed by atoms with van der Waals surface area (Å²) < 4.78 is 0. The van der Waals surface area contributed by atoms with Crippen molar-refractivity contribution in [2.45, 2.75) is 38.5 Å². The first-order valence-corrected chi connectivity index (χ1v) is 10.7. The van der Waals surface area contributed by atoms with Gasteiger partial charge in [0.2, 0.25) is 0 Å². The fourth-order valence-corrected chi connectivity index (χ4v) is 3.72. The first-order chi connectivity index (χ1) is 14.1. The van der Waals surface area contributed by atoms with Crippen LogP contribution >= 0.6 is 11.6 Å². The monoisotopic (exact) mass is 413 g/mol. The molecule has 0 aromatic heterocycles. The van der Waals surface area contributed by atoms with E-state index in [9.17, 15) is 9.59 Å². The fourth-order valence-electron chi connectivity index (χ4n) is 3.53. The molecule has 3 rings (SSSR count).